The zero-order valence-corrected chi connectivity index (χ0v) is 35.6. The van der Waals surface area contributed by atoms with Crippen LogP contribution in [0.25, 0.3) is 75.5 Å². The molecule has 0 bridgehead atoms. The highest BCUT2D eigenvalue weighted by molar-refractivity contribution is 7.26. The van der Waals surface area contributed by atoms with E-state index in [4.69, 9.17) is 4.42 Å². The molecule has 3 heteroatoms. The minimum absolute atomic E-state index is 0.484. The van der Waals surface area contributed by atoms with Crippen molar-refractivity contribution in [2.24, 2.45) is 0 Å². The standard InChI is InChI=1S/C61H39NOS/c1-4-16-43(17-5-1)61(44-18-6-2-7-19-44)54-25-13-10-22-48(54)49-37-36-47(38-55(49)61)62(45-20-8-3-9-21-45)46-34-32-41(33-35-46)40-28-30-42(31-29-40)52-39-53-50-23-12-15-27-57(50)64-60(53)58-51-24-11-14-26-56(51)63-59(52)58/h1-39H. The number of benzene rings is 10. The van der Waals surface area contributed by atoms with E-state index in [1.54, 1.807) is 0 Å². The van der Waals surface area contributed by atoms with Gasteiger partial charge in [-0.15, -0.1) is 11.3 Å². The van der Waals surface area contributed by atoms with Crippen LogP contribution in [0.4, 0.5) is 17.1 Å². The Balaban J connectivity index is 0.908. The monoisotopic (exact) mass is 833 g/mol. The third kappa shape index (κ3) is 5.51. The summed E-state index contributed by atoms with van der Waals surface area (Å²) in [5.41, 5.74) is 16.9. The first-order chi connectivity index (χ1) is 31.7. The van der Waals surface area contributed by atoms with Crippen LogP contribution in [-0.4, -0.2) is 0 Å². The van der Waals surface area contributed by atoms with Crippen LogP contribution in [0, 0.1) is 0 Å². The summed E-state index contributed by atoms with van der Waals surface area (Å²) in [6.07, 6.45) is 0. The number of nitrogens with zero attached hydrogens (tertiary/aromatic N) is 1. The van der Waals surface area contributed by atoms with Crippen LogP contribution < -0.4 is 4.90 Å². The van der Waals surface area contributed by atoms with Gasteiger partial charge in [0.1, 0.15) is 11.2 Å². The van der Waals surface area contributed by atoms with E-state index in [2.05, 4.69) is 241 Å². The highest BCUT2D eigenvalue weighted by atomic mass is 32.1. The van der Waals surface area contributed by atoms with E-state index in [-0.39, 0.29) is 0 Å². The van der Waals surface area contributed by atoms with Gasteiger partial charge in [0.2, 0.25) is 0 Å². The first kappa shape index (κ1) is 36.7. The van der Waals surface area contributed by atoms with Crippen LogP contribution in [0.5, 0.6) is 0 Å². The summed E-state index contributed by atoms with van der Waals surface area (Å²) in [7, 11) is 0. The number of thiophene rings is 1. The molecule has 0 aliphatic heterocycles. The average Bonchev–Trinajstić information content (AvgIpc) is 4.04. The summed E-state index contributed by atoms with van der Waals surface area (Å²) >= 11 is 1.85. The van der Waals surface area contributed by atoms with Gasteiger partial charge in [-0.05, 0) is 105 Å². The molecule has 1 aliphatic carbocycles. The third-order valence-electron chi connectivity index (χ3n) is 13.4. The predicted octanol–water partition coefficient (Wildman–Crippen LogP) is 17.1. The van der Waals surface area contributed by atoms with Gasteiger partial charge in [0.15, 0.2) is 0 Å². The highest BCUT2D eigenvalue weighted by Crippen LogP contribution is 2.57. The molecule has 0 N–H and O–H groups in total. The summed E-state index contributed by atoms with van der Waals surface area (Å²) in [5, 5.41) is 4.92. The van der Waals surface area contributed by atoms with Crippen molar-refractivity contribution in [2.75, 3.05) is 4.90 Å². The number of hydrogen-bond donors (Lipinski definition) is 0. The maximum absolute atomic E-state index is 6.66. The molecule has 0 amide bonds. The van der Waals surface area contributed by atoms with Crippen molar-refractivity contribution in [3.63, 3.8) is 0 Å². The van der Waals surface area contributed by atoms with E-state index in [0.717, 1.165) is 55.9 Å². The van der Waals surface area contributed by atoms with Gasteiger partial charge in [-0.3, -0.25) is 0 Å². The number of anilines is 3. The van der Waals surface area contributed by atoms with Gasteiger partial charge in [0.25, 0.3) is 0 Å². The van der Waals surface area contributed by atoms with Crippen molar-refractivity contribution in [1.82, 2.24) is 0 Å². The first-order valence-corrected chi connectivity index (χ1v) is 22.7. The summed E-state index contributed by atoms with van der Waals surface area (Å²) in [6.45, 7) is 0. The van der Waals surface area contributed by atoms with Gasteiger partial charge in [0, 0.05) is 53.6 Å². The molecule has 0 unspecified atom stereocenters. The average molecular weight is 834 g/mol. The third-order valence-corrected chi connectivity index (χ3v) is 14.6. The lowest BCUT2D eigenvalue weighted by Crippen LogP contribution is -2.28. The molecule has 2 nitrogen and oxygen atoms in total. The molecule has 10 aromatic carbocycles. The van der Waals surface area contributed by atoms with Gasteiger partial charge in [-0.2, -0.15) is 0 Å². The minimum atomic E-state index is -0.484. The van der Waals surface area contributed by atoms with Crippen molar-refractivity contribution < 1.29 is 4.42 Å². The molecule has 0 spiro atoms. The summed E-state index contributed by atoms with van der Waals surface area (Å²) in [4.78, 5) is 2.39. The first-order valence-electron chi connectivity index (χ1n) is 21.9. The molecule has 2 heterocycles. The maximum atomic E-state index is 6.66. The van der Waals surface area contributed by atoms with Crippen molar-refractivity contribution in [1.29, 1.82) is 0 Å². The van der Waals surface area contributed by atoms with E-state index >= 15 is 0 Å². The van der Waals surface area contributed by atoms with Crippen LogP contribution >= 0.6 is 11.3 Å². The fraction of sp³-hybridized carbons (Fsp3) is 0.0164. The summed E-state index contributed by atoms with van der Waals surface area (Å²) in [6, 6.07) is 86.3. The van der Waals surface area contributed by atoms with Crippen molar-refractivity contribution in [2.45, 2.75) is 5.41 Å². The molecule has 2 aromatic heterocycles. The molecule has 0 saturated heterocycles. The number of furan rings is 1. The zero-order valence-electron chi connectivity index (χ0n) is 34.8. The van der Waals surface area contributed by atoms with Crippen LogP contribution in [0.3, 0.4) is 0 Å². The Hall–Kier alpha value is -7.98. The van der Waals surface area contributed by atoms with E-state index in [1.807, 2.05) is 11.3 Å². The Morgan fingerprint density at radius 3 is 1.66 bits per heavy atom. The SMILES string of the molecule is c1ccc(N(c2ccc(-c3ccc(-c4cc5c6ccccc6sc5c5c4oc4ccccc45)cc3)cc2)c2ccc3c(c2)C(c2ccccc2)(c2ccccc2)c2ccccc2-3)cc1. The van der Waals surface area contributed by atoms with Crippen LogP contribution in [0.15, 0.2) is 241 Å². The Labute approximate surface area is 375 Å². The molecule has 1 aliphatic rings. The van der Waals surface area contributed by atoms with E-state index < -0.39 is 5.41 Å². The predicted molar refractivity (Wildman–Crippen MR) is 269 cm³/mol. The molecule has 0 atom stereocenters. The van der Waals surface area contributed by atoms with Gasteiger partial charge in [-0.1, -0.05) is 182 Å². The van der Waals surface area contributed by atoms with Gasteiger partial charge >= 0.3 is 0 Å². The second-order valence-corrected chi connectivity index (χ2v) is 17.8. The Kier molecular flexibility index (Phi) is 8.34. The molecule has 0 fully saturated rings. The minimum Gasteiger partial charge on any atom is -0.455 e. The van der Waals surface area contributed by atoms with Crippen molar-refractivity contribution >= 4 is 70.5 Å². The Morgan fingerprint density at radius 1 is 0.375 bits per heavy atom. The normalized spacial score (nSPS) is 12.8. The number of rotatable bonds is 7. The second kappa shape index (κ2) is 14.6. The van der Waals surface area contributed by atoms with E-state index in [1.165, 1.54) is 58.9 Å². The molecule has 0 saturated carbocycles. The lowest BCUT2D eigenvalue weighted by molar-refractivity contribution is 0.670. The quantitative estimate of drug-likeness (QED) is 0.159. The highest BCUT2D eigenvalue weighted by Gasteiger charge is 2.46. The van der Waals surface area contributed by atoms with Crippen LogP contribution in [0.1, 0.15) is 22.3 Å². The van der Waals surface area contributed by atoms with Gasteiger partial charge in [-0.25, -0.2) is 0 Å². The van der Waals surface area contributed by atoms with E-state index in [9.17, 15) is 0 Å². The fourth-order valence-electron chi connectivity index (χ4n) is 10.5. The molecular formula is C61H39NOS. The van der Waals surface area contributed by atoms with Crippen molar-refractivity contribution in [3.8, 4) is 33.4 Å². The Morgan fingerprint density at radius 2 is 0.922 bits per heavy atom. The molecule has 12 aromatic rings. The van der Waals surface area contributed by atoms with Crippen LogP contribution in [-0.2, 0) is 5.41 Å². The number of fused-ring (bicyclic) bond motifs is 10. The molecule has 13 rings (SSSR count). The lowest BCUT2D eigenvalue weighted by atomic mass is 9.67. The molecular weight excluding hydrogens is 795 g/mol. The van der Waals surface area contributed by atoms with E-state index in [0.29, 0.717) is 0 Å². The second-order valence-electron chi connectivity index (χ2n) is 16.8. The smallest absolute Gasteiger partial charge is 0.144 e. The lowest BCUT2D eigenvalue weighted by Gasteiger charge is -2.35. The number of hydrogen-bond acceptors (Lipinski definition) is 3. The molecule has 300 valence electrons. The van der Waals surface area contributed by atoms with Crippen LogP contribution in [0.2, 0.25) is 0 Å². The summed E-state index contributed by atoms with van der Waals surface area (Å²) < 4.78 is 9.24. The largest absolute Gasteiger partial charge is 0.455 e. The topological polar surface area (TPSA) is 16.4 Å². The zero-order chi connectivity index (χ0) is 42.2. The fourth-order valence-corrected chi connectivity index (χ4v) is 11.8. The van der Waals surface area contributed by atoms with Gasteiger partial charge in [0.05, 0.1) is 5.41 Å². The maximum Gasteiger partial charge on any atom is 0.144 e. The summed E-state index contributed by atoms with van der Waals surface area (Å²) in [5.74, 6) is 0. The number of para-hydroxylation sites is 2. The molecule has 64 heavy (non-hydrogen) atoms. The van der Waals surface area contributed by atoms with Gasteiger partial charge < -0.3 is 9.32 Å². The molecule has 0 radical (unpaired) electrons. The Bertz CT molecular complexity index is 3660. The van der Waals surface area contributed by atoms with Crippen molar-refractivity contribution in [3.05, 3.63) is 259 Å².